The van der Waals surface area contributed by atoms with Gasteiger partial charge < -0.3 is 14.7 Å². The quantitative estimate of drug-likeness (QED) is 0.867. The molecular weight excluding hydrogens is 262 g/mol. The molecule has 1 heterocycles. The summed E-state index contributed by atoms with van der Waals surface area (Å²) in [4.78, 5) is 1.51. The number of nitrogens with one attached hydrogen (secondary N) is 1. The van der Waals surface area contributed by atoms with Crippen LogP contribution in [0.1, 0.15) is 45.6 Å². The molecular formula is C18H30NO2+. The van der Waals surface area contributed by atoms with Gasteiger partial charge in [0.05, 0.1) is 13.1 Å². The molecule has 1 saturated heterocycles. The standard InChI is InChI=1S/C18H29NO2/c1-18(2,3)15-7-9-17(10-8-15)21-14-16(20)13-19-11-5-4-6-12-19/h7-10,16,20H,4-6,11-14H2,1-3H3/p+1/t16-/m1/s1. The first kappa shape index (κ1) is 16.3. The molecule has 2 rings (SSSR count). The third-order valence-electron chi connectivity index (χ3n) is 4.25. The van der Waals surface area contributed by atoms with Crippen molar-refractivity contribution >= 4 is 0 Å². The highest BCUT2D eigenvalue weighted by Gasteiger charge is 2.18. The first-order valence-electron chi connectivity index (χ1n) is 8.20. The zero-order chi connectivity index (χ0) is 15.3. The second kappa shape index (κ2) is 7.28. The Hall–Kier alpha value is -1.06. The highest BCUT2D eigenvalue weighted by Crippen LogP contribution is 2.24. The molecule has 1 fully saturated rings. The van der Waals surface area contributed by atoms with Crippen molar-refractivity contribution in [1.29, 1.82) is 0 Å². The summed E-state index contributed by atoms with van der Waals surface area (Å²) in [5.74, 6) is 0.843. The fourth-order valence-corrected chi connectivity index (χ4v) is 2.89. The molecule has 21 heavy (non-hydrogen) atoms. The van der Waals surface area contributed by atoms with Crippen LogP contribution in [0.5, 0.6) is 5.75 Å². The normalized spacial score (nSPS) is 18.5. The van der Waals surface area contributed by atoms with E-state index < -0.39 is 0 Å². The summed E-state index contributed by atoms with van der Waals surface area (Å²) in [7, 11) is 0. The van der Waals surface area contributed by atoms with Gasteiger partial charge in [0.25, 0.3) is 0 Å². The molecule has 3 nitrogen and oxygen atoms in total. The summed E-state index contributed by atoms with van der Waals surface area (Å²) in [6.45, 7) is 10.2. The Labute approximate surface area is 128 Å². The number of likely N-dealkylation sites (tertiary alicyclic amines) is 1. The molecule has 0 saturated carbocycles. The summed E-state index contributed by atoms with van der Waals surface area (Å²) in [5, 5.41) is 10.1. The minimum absolute atomic E-state index is 0.162. The van der Waals surface area contributed by atoms with Crippen LogP contribution < -0.4 is 9.64 Å². The summed E-state index contributed by atoms with van der Waals surface area (Å²) >= 11 is 0. The molecule has 0 bridgehead atoms. The lowest BCUT2D eigenvalue weighted by Crippen LogP contribution is -3.14. The summed E-state index contributed by atoms with van der Waals surface area (Å²) < 4.78 is 5.71. The van der Waals surface area contributed by atoms with Crippen LogP contribution in [0.15, 0.2) is 24.3 Å². The molecule has 0 unspecified atom stereocenters. The van der Waals surface area contributed by atoms with E-state index in [2.05, 4.69) is 32.9 Å². The first-order chi connectivity index (χ1) is 9.95. The van der Waals surface area contributed by atoms with Crippen molar-refractivity contribution in [3.63, 3.8) is 0 Å². The predicted octanol–water partition coefficient (Wildman–Crippen LogP) is 1.79. The van der Waals surface area contributed by atoms with Crippen molar-refractivity contribution in [3.05, 3.63) is 29.8 Å². The largest absolute Gasteiger partial charge is 0.491 e. The lowest BCUT2D eigenvalue weighted by atomic mass is 9.87. The van der Waals surface area contributed by atoms with Crippen LogP contribution in [0.3, 0.4) is 0 Å². The molecule has 0 aromatic heterocycles. The number of benzene rings is 1. The molecule has 0 spiro atoms. The third-order valence-corrected chi connectivity index (χ3v) is 4.25. The number of ether oxygens (including phenoxy) is 1. The van der Waals surface area contributed by atoms with Gasteiger partial charge in [-0.25, -0.2) is 0 Å². The Morgan fingerprint density at radius 1 is 1.10 bits per heavy atom. The molecule has 0 amide bonds. The van der Waals surface area contributed by atoms with Gasteiger partial charge in [-0.1, -0.05) is 32.9 Å². The molecule has 1 aliphatic rings. The fourth-order valence-electron chi connectivity index (χ4n) is 2.89. The van der Waals surface area contributed by atoms with Gasteiger partial charge >= 0.3 is 0 Å². The van der Waals surface area contributed by atoms with Crippen LogP contribution in [0.4, 0.5) is 0 Å². The molecule has 0 radical (unpaired) electrons. The Bertz CT molecular complexity index is 416. The van der Waals surface area contributed by atoms with Crippen LogP contribution in [-0.4, -0.2) is 37.5 Å². The van der Waals surface area contributed by atoms with Gasteiger partial charge in [0, 0.05) is 0 Å². The average Bonchev–Trinajstić information content (AvgIpc) is 2.46. The number of quaternary nitrogens is 1. The van der Waals surface area contributed by atoms with Gasteiger partial charge in [-0.15, -0.1) is 0 Å². The number of hydrogen-bond donors (Lipinski definition) is 2. The number of rotatable bonds is 5. The van der Waals surface area contributed by atoms with Gasteiger partial charge in [-0.3, -0.25) is 0 Å². The van der Waals surface area contributed by atoms with Crippen LogP contribution in [0.25, 0.3) is 0 Å². The SMILES string of the molecule is CC(C)(C)c1ccc(OC[C@H](O)C[NH+]2CCCCC2)cc1. The number of aliphatic hydroxyl groups excluding tert-OH is 1. The van der Waals surface area contributed by atoms with Crippen LogP contribution >= 0.6 is 0 Å². The maximum absolute atomic E-state index is 10.1. The van der Waals surface area contributed by atoms with Crippen molar-refractivity contribution in [3.8, 4) is 5.75 Å². The zero-order valence-electron chi connectivity index (χ0n) is 13.7. The second-order valence-electron chi connectivity index (χ2n) is 7.25. The maximum atomic E-state index is 10.1. The van der Waals surface area contributed by atoms with Gasteiger partial charge in [-0.05, 0) is 42.4 Å². The van der Waals surface area contributed by atoms with Gasteiger partial charge in [0.15, 0.2) is 0 Å². The fraction of sp³-hybridized carbons (Fsp3) is 0.667. The minimum Gasteiger partial charge on any atom is -0.491 e. The van der Waals surface area contributed by atoms with Crippen LogP contribution in [0, 0.1) is 0 Å². The molecule has 3 heteroatoms. The Morgan fingerprint density at radius 2 is 1.71 bits per heavy atom. The van der Waals surface area contributed by atoms with Crippen molar-refractivity contribution < 1.29 is 14.7 Å². The van der Waals surface area contributed by atoms with Gasteiger partial charge in [-0.2, -0.15) is 0 Å². The molecule has 1 aromatic carbocycles. The molecule has 1 aliphatic heterocycles. The predicted molar refractivity (Wildman–Crippen MR) is 86.1 cm³/mol. The van der Waals surface area contributed by atoms with Crippen LogP contribution in [-0.2, 0) is 5.41 Å². The van der Waals surface area contributed by atoms with E-state index in [9.17, 15) is 5.11 Å². The second-order valence-corrected chi connectivity index (χ2v) is 7.25. The maximum Gasteiger partial charge on any atom is 0.137 e. The van der Waals surface area contributed by atoms with E-state index in [1.807, 2.05) is 12.1 Å². The van der Waals surface area contributed by atoms with Crippen molar-refractivity contribution in [2.45, 2.75) is 51.6 Å². The summed E-state index contributed by atoms with van der Waals surface area (Å²) in [6, 6.07) is 8.22. The van der Waals surface area contributed by atoms with Crippen molar-refractivity contribution in [2.75, 3.05) is 26.2 Å². The minimum atomic E-state index is -0.375. The Balaban J connectivity index is 1.76. The van der Waals surface area contributed by atoms with E-state index in [-0.39, 0.29) is 11.5 Å². The van der Waals surface area contributed by atoms with E-state index in [0.29, 0.717) is 6.61 Å². The Kier molecular flexibility index (Phi) is 5.65. The summed E-state index contributed by atoms with van der Waals surface area (Å²) in [5.41, 5.74) is 1.46. The first-order valence-corrected chi connectivity index (χ1v) is 8.20. The molecule has 118 valence electrons. The summed E-state index contributed by atoms with van der Waals surface area (Å²) in [6.07, 6.45) is 3.55. The van der Waals surface area contributed by atoms with Crippen molar-refractivity contribution in [1.82, 2.24) is 0 Å². The monoisotopic (exact) mass is 292 g/mol. The third kappa shape index (κ3) is 5.33. The molecule has 2 N–H and O–H groups in total. The molecule has 1 atom stereocenters. The van der Waals surface area contributed by atoms with E-state index in [4.69, 9.17) is 4.74 Å². The highest BCUT2D eigenvalue weighted by atomic mass is 16.5. The van der Waals surface area contributed by atoms with Gasteiger partial charge in [0.1, 0.15) is 25.0 Å². The molecule has 0 aliphatic carbocycles. The van der Waals surface area contributed by atoms with Crippen molar-refractivity contribution in [2.24, 2.45) is 0 Å². The van der Waals surface area contributed by atoms with E-state index in [1.54, 1.807) is 0 Å². The lowest BCUT2D eigenvalue weighted by molar-refractivity contribution is -0.908. The number of hydrogen-bond acceptors (Lipinski definition) is 2. The zero-order valence-corrected chi connectivity index (χ0v) is 13.7. The van der Waals surface area contributed by atoms with E-state index in [0.717, 1.165) is 12.3 Å². The van der Waals surface area contributed by atoms with E-state index >= 15 is 0 Å². The highest BCUT2D eigenvalue weighted by molar-refractivity contribution is 5.31. The van der Waals surface area contributed by atoms with E-state index in [1.165, 1.54) is 42.8 Å². The number of piperidine rings is 1. The van der Waals surface area contributed by atoms with Gasteiger partial charge in [0.2, 0.25) is 0 Å². The lowest BCUT2D eigenvalue weighted by Gasteiger charge is -2.25. The van der Waals surface area contributed by atoms with Crippen LogP contribution in [0.2, 0.25) is 0 Å². The number of aliphatic hydroxyl groups is 1. The average molecular weight is 292 g/mol. The molecule has 1 aromatic rings. The smallest absolute Gasteiger partial charge is 0.137 e. The topological polar surface area (TPSA) is 33.9 Å². The Morgan fingerprint density at radius 3 is 2.29 bits per heavy atom.